The summed E-state index contributed by atoms with van der Waals surface area (Å²) in [5, 5.41) is 12.9. The molecule has 0 bridgehead atoms. The second-order valence-corrected chi connectivity index (χ2v) is 9.91. The Morgan fingerprint density at radius 2 is 1.78 bits per heavy atom. The zero-order chi connectivity index (χ0) is 30.1. The lowest BCUT2D eigenvalue weighted by molar-refractivity contribution is -0.137. The highest BCUT2D eigenvalue weighted by molar-refractivity contribution is 6.06. The molecule has 2 aromatic carbocycles. The first-order valence-corrected chi connectivity index (χ1v) is 12.6. The topological polar surface area (TPSA) is 145 Å². The van der Waals surface area contributed by atoms with Crippen molar-refractivity contribution in [2.75, 3.05) is 4.90 Å². The van der Waals surface area contributed by atoms with E-state index >= 15 is 0 Å². The van der Waals surface area contributed by atoms with Crippen LogP contribution in [0, 0.1) is 18.6 Å². The van der Waals surface area contributed by atoms with E-state index in [9.17, 15) is 41.8 Å². The highest BCUT2D eigenvalue weighted by atomic mass is 19.3. The number of aryl methyl sites for hydroxylation is 1. The average molecular weight is 578 g/mol. The molecule has 1 heterocycles. The summed E-state index contributed by atoms with van der Waals surface area (Å²) in [6.07, 6.45) is -0.821. The number of hydrazine groups is 1. The molecule has 2 fully saturated rings. The molecule has 5 N–H and O–H groups in total. The maximum atomic E-state index is 14.4. The molecule has 10 nitrogen and oxygen atoms in total. The highest BCUT2D eigenvalue weighted by Crippen LogP contribution is 2.39. The van der Waals surface area contributed by atoms with Gasteiger partial charge in [0.05, 0.1) is 11.9 Å². The van der Waals surface area contributed by atoms with Crippen LogP contribution in [0.3, 0.4) is 0 Å². The molecule has 1 saturated heterocycles. The Morgan fingerprint density at radius 3 is 2.37 bits per heavy atom. The van der Waals surface area contributed by atoms with Gasteiger partial charge in [-0.15, -0.1) is 0 Å². The Bertz CT molecular complexity index is 1390. The number of anilines is 1. The number of alkyl halides is 2. The monoisotopic (exact) mass is 577 g/mol. The number of aliphatic hydroxyl groups is 1. The fraction of sp³-hybridized carbons (Fsp3) is 0.333. The number of nitrogens with two attached hydrogens (primary N) is 1. The van der Waals surface area contributed by atoms with Crippen LogP contribution in [0.1, 0.15) is 42.9 Å². The molecule has 218 valence electrons. The van der Waals surface area contributed by atoms with Crippen molar-refractivity contribution in [2.24, 2.45) is 5.73 Å². The summed E-state index contributed by atoms with van der Waals surface area (Å²) in [5.74, 6) is -9.72. The number of carbonyl (C=O) groups is 4. The Balaban J connectivity index is 1.81. The van der Waals surface area contributed by atoms with E-state index in [1.807, 2.05) is 0 Å². The summed E-state index contributed by atoms with van der Waals surface area (Å²) in [5.41, 5.74) is 7.71. The van der Waals surface area contributed by atoms with E-state index in [-0.39, 0.29) is 24.1 Å². The number of benzene rings is 2. The molecule has 2 aromatic rings. The van der Waals surface area contributed by atoms with Crippen molar-refractivity contribution in [1.29, 1.82) is 0 Å². The normalized spacial score (nSPS) is 19.3. The predicted molar refractivity (Wildman–Crippen MR) is 137 cm³/mol. The van der Waals surface area contributed by atoms with Crippen molar-refractivity contribution in [3.8, 4) is 0 Å². The van der Waals surface area contributed by atoms with Gasteiger partial charge in [-0.05, 0) is 36.6 Å². The first kappa shape index (κ1) is 29.4. The van der Waals surface area contributed by atoms with Crippen LogP contribution in [-0.2, 0) is 19.2 Å². The van der Waals surface area contributed by atoms with Crippen LogP contribution in [0.5, 0.6) is 0 Å². The minimum Gasteiger partial charge on any atom is -0.502 e. The molecule has 0 aromatic heterocycles. The van der Waals surface area contributed by atoms with Crippen molar-refractivity contribution in [1.82, 2.24) is 15.8 Å². The third-order valence-corrected chi connectivity index (χ3v) is 6.88. The summed E-state index contributed by atoms with van der Waals surface area (Å²) in [7, 11) is 0. The maximum absolute atomic E-state index is 14.4. The number of halogens is 4. The number of nitrogens with zero attached hydrogens (tertiary/aromatic N) is 2. The molecular weight excluding hydrogens is 550 g/mol. The van der Waals surface area contributed by atoms with Crippen LogP contribution in [0.2, 0.25) is 0 Å². The highest BCUT2D eigenvalue weighted by Gasteiger charge is 2.48. The molecule has 1 saturated carbocycles. The van der Waals surface area contributed by atoms with Gasteiger partial charge in [-0.25, -0.2) is 22.6 Å². The third-order valence-electron chi connectivity index (χ3n) is 6.88. The lowest BCUT2D eigenvalue weighted by Gasteiger charge is -2.39. The summed E-state index contributed by atoms with van der Waals surface area (Å²) >= 11 is 0. The number of aliphatic hydroxyl groups excluding tert-OH is 1. The SMILES string of the molecule is Cc1ccccc1[C@@H](C(=O)NC1CC(F)(F)C1)N(C(=O)[C@@H]1CCC(=O)N1N/C=C(\O)C(N)=O)c1cc(F)cc(F)c1. The van der Waals surface area contributed by atoms with Crippen molar-refractivity contribution >= 4 is 29.3 Å². The van der Waals surface area contributed by atoms with Gasteiger partial charge in [0.2, 0.25) is 11.8 Å². The minimum absolute atomic E-state index is 0.110. The van der Waals surface area contributed by atoms with Crippen LogP contribution in [-0.4, -0.2) is 51.8 Å². The molecule has 14 heteroatoms. The summed E-state index contributed by atoms with van der Waals surface area (Å²) in [6, 6.07) is 4.71. The van der Waals surface area contributed by atoms with Gasteiger partial charge in [-0.2, -0.15) is 0 Å². The molecule has 2 atom stereocenters. The number of rotatable bonds is 9. The fourth-order valence-corrected chi connectivity index (χ4v) is 4.86. The van der Waals surface area contributed by atoms with Crippen LogP contribution in [0.4, 0.5) is 23.2 Å². The fourth-order valence-electron chi connectivity index (χ4n) is 4.86. The average Bonchev–Trinajstić information content (AvgIpc) is 3.24. The largest absolute Gasteiger partial charge is 0.502 e. The lowest BCUT2D eigenvalue weighted by atomic mass is 9.87. The Labute approximate surface area is 231 Å². The number of nitrogens with one attached hydrogen (secondary N) is 2. The molecular formula is C27H27F4N5O5. The molecule has 0 spiro atoms. The van der Waals surface area contributed by atoms with E-state index in [2.05, 4.69) is 10.7 Å². The number of amides is 4. The predicted octanol–water partition coefficient (Wildman–Crippen LogP) is 2.64. The minimum atomic E-state index is -2.96. The van der Waals surface area contributed by atoms with E-state index in [4.69, 9.17) is 5.73 Å². The second kappa shape index (κ2) is 11.5. The Hall–Kier alpha value is -4.62. The standard InChI is InChI=1S/C27H27F4N5O5/c1-14-4-2-3-5-19(14)23(25(40)34-17-11-27(30,31)12-17)35(18-9-15(28)8-16(29)10-18)26(41)20-6-7-22(38)36(20)33-13-21(37)24(32)39/h2-5,8-10,13,17,20,23,33,37H,6-7,11-12H2,1H3,(H2,32,39)(H,34,40)/b21-13-/t20-,23-/m0/s1. The smallest absolute Gasteiger partial charge is 0.285 e. The van der Waals surface area contributed by atoms with E-state index in [1.165, 1.54) is 6.07 Å². The number of hydrogen-bond acceptors (Lipinski definition) is 6. The van der Waals surface area contributed by atoms with Gasteiger partial charge in [0.15, 0.2) is 5.76 Å². The first-order valence-electron chi connectivity index (χ1n) is 12.6. The van der Waals surface area contributed by atoms with Gasteiger partial charge in [-0.3, -0.25) is 29.5 Å². The Morgan fingerprint density at radius 1 is 1.15 bits per heavy atom. The van der Waals surface area contributed by atoms with Crippen molar-refractivity contribution in [3.63, 3.8) is 0 Å². The maximum Gasteiger partial charge on any atom is 0.285 e. The van der Waals surface area contributed by atoms with Crippen molar-refractivity contribution in [2.45, 2.75) is 56.7 Å². The third kappa shape index (κ3) is 6.42. The van der Waals surface area contributed by atoms with E-state index in [1.54, 1.807) is 25.1 Å². The van der Waals surface area contributed by atoms with Gasteiger partial charge in [0.1, 0.15) is 23.7 Å². The molecule has 4 amide bonds. The number of hydrogen-bond donors (Lipinski definition) is 4. The van der Waals surface area contributed by atoms with Gasteiger partial charge in [-0.1, -0.05) is 24.3 Å². The van der Waals surface area contributed by atoms with Crippen molar-refractivity contribution in [3.05, 3.63) is 77.2 Å². The molecule has 0 unspecified atom stereocenters. The first-order chi connectivity index (χ1) is 19.3. The zero-order valence-corrected chi connectivity index (χ0v) is 21.7. The van der Waals surface area contributed by atoms with E-state index in [0.717, 1.165) is 22.0 Å². The van der Waals surface area contributed by atoms with Gasteiger partial charge < -0.3 is 16.2 Å². The lowest BCUT2D eigenvalue weighted by Crippen LogP contribution is -2.57. The molecule has 1 aliphatic heterocycles. The van der Waals surface area contributed by atoms with Gasteiger partial charge >= 0.3 is 0 Å². The quantitative estimate of drug-likeness (QED) is 0.205. The van der Waals surface area contributed by atoms with Crippen LogP contribution in [0.15, 0.2) is 54.4 Å². The summed E-state index contributed by atoms with van der Waals surface area (Å²) in [6.45, 7) is 1.63. The Kier molecular flexibility index (Phi) is 8.22. The van der Waals surface area contributed by atoms with Crippen LogP contribution >= 0.6 is 0 Å². The van der Waals surface area contributed by atoms with Crippen LogP contribution < -0.4 is 21.4 Å². The summed E-state index contributed by atoms with van der Waals surface area (Å²) < 4.78 is 56.0. The van der Waals surface area contributed by atoms with Gasteiger partial charge in [0.25, 0.3) is 17.7 Å². The number of carbonyl (C=O) groups excluding carboxylic acids is 4. The molecule has 0 radical (unpaired) electrons. The zero-order valence-electron chi connectivity index (χ0n) is 21.7. The van der Waals surface area contributed by atoms with Crippen molar-refractivity contribution < 1.29 is 41.8 Å². The van der Waals surface area contributed by atoms with Gasteiger partial charge in [0, 0.05) is 31.4 Å². The van der Waals surface area contributed by atoms with Crippen LogP contribution in [0.25, 0.3) is 0 Å². The molecule has 1 aliphatic carbocycles. The molecule has 4 rings (SSSR count). The molecule has 2 aliphatic rings. The summed E-state index contributed by atoms with van der Waals surface area (Å²) in [4.78, 5) is 52.5. The second-order valence-electron chi connectivity index (χ2n) is 9.91. The number of primary amides is 1. The molecule has 41 heavy (non-hydrogen) atoms. The van der Waals surface area contributed by atoms with E-state index < -0.39 is 77.9 Å². The van der Waals surface area contributed by atoms with E-state index in [0.29, 0.717) is 17.8 Å².